The zero-order chi connectivity index (χ0) is 17.4. The molecular weight excluding hydrogens is 340 g/mol. The van der Waals surface area contributed by atoms with Gasteiger partial charge in [-0.3, -0.25) is 20.2 Å². The fourth-order valence-corrected chi connectivity index (χ4v) is 3.19. The Bertz CT molecular complexity index is 1010. The van der Waals surface area contributed by atoms with Crippen molar-refractivity contribution in [3.8, 4) is 0 Å². The molecule has 1 aliphatic rings. The van der Waals surface area contributed by atoms with E-state index < -0.39 is 0 Å². The second kappa shape index (κ2) is 6.25. The number of nitro benzene ring substituents is 1. The summed E-state index contributed by atoms with van der Waals surface area (Å²) in [4.78, 5) is 15.1. The minimum Gasteiger partial charge on any atom is -0.381 e. The Morgan fingerprint density at radius 3 is 3.00 bits per heavy atom. The van der Waals surface area contributed by atoms with Gasteiger partial charge in [-0.1, -0.05) is 0 Å². The summed E-state index contributed by atoms with van der Waals surface area (Å²) in [6, 6.07) is 6.62. The van der Waals surface area contributed by atoms with Crippen molar-refractivity contribution in [1.29, 1.82) is 0 Å². The van der Waals surface area contributed by atoms with Crippen LogP contribution in [0.4, 0.5) is 11.4 Å². The molecule has 0 spiro atoms. The number of aromatic amines is 1. The van der Waals surface area contributed by atoms with Crippen molar-refractivity contribution < 1.29 is 4.92 Å². The standard InChI is InChI=1S/C16H16N6O2S/c23-22(24)13-6-5-12(14-11(13)2-1-7-18-14)17-8-9-21-15(10-3-4-10)19-20-16(21)25/h1-2,5-7,10,17H,3-4,8-9H2,(H,20,25). The monoisotopic (exact) mass is 356 g/mol. The number of nitrogens with zero attached hydrogens (tertiary/aromatic N) is 4. The maximum absolute atomic E-state index is 11.2. The number of non-ortho nitro benzene ring substituents is 1. The van der Waals surface area contributed by atoms with Crippen molar-refractivity contribution in [3.05, 3.63) is 51.2 Å². The third-order valence-electron chi connectivity index (χ3n) is 4.32. The number of H-pyrrole nitrogens is 1. The van der Waals surface area contributed by atoms with Gasteiger partial charge in [-0.15, -0.1) is 0 Å². The molecule has 1 saturated carbocycles. The van der Waals surface area contributed by atoms with Gasteiger partial charge in [0.25, 0.3) is 5.69 Å². The van der Waals surface area contributed by atoms with E-state index in [9.17, 15) is 10.1 Å². The molecule has 1 aromatic carbocycles. The van der Waals surface area contributed by atoms with Crippen LogP contribution in [-0.4, -0.2) is 31.2 Å². The molecule has 0 unspecified atom stereocenters. The molecule has 2 heterocycles. The van der Waals surface area contributed by atoms with Gasteiger partial charge in [-0.25, -0.2) is 0 Å². The number of nitro groups is 1. The van der Waals surface area contributed by atoms with Crippen molar-refractivity contribution in [3.63, 3.8) is 0 Å². The van der Waals surface area contributed by atoms with Crippen LogP contribution in [0, 0.1) is 14.9 Å². The minimum absolute atomic E-state index is 0.0572. The van der Waals surface area contributed by atoms with Gasteiger partial charge in [0.1, 0.15) is 11.3 Å². The Balaban J connectivity index is 1.56. The molecule has 1 fully saturated rings. The molecule has 0 amide bonds. The van der Waals surface area contributed by atoms with Crippen LogP contribution in [0.25, 0.3) is 10.9 Å². The lowest BCUT2D eigenvalue weighted by atomic mass is 10.1. The Kier molecular flexibility index (Phi) is 3.92. The molecule has 1 aliphatic carbocycles. The molecule has 2 N–H and O–H groups in total. The lowest BCUT2D eigenvalue weighted by Crippen LogP contribution is -2.13. The van der Waals surface area contributed by atoms with E-state index >= 15 is 0 Å². The third-order valence-corrected chi connectivity index (χ3v) is 4.64. The van der Waals surface area contributed by atoms with Gasteiger partial charge in [0.05, 0.1) is 16.0 Å². The van der Waals surface area contributed by atoms with Gasteiger partial charge in [0.15, 0.2) is 4.77 Å². The van der Waals surface area contributed by atoms with Gasteiger partial charge in [-0.2, -0.15) is 5.10 Å². The van der Waals surface area contributed by atoms with E-state index in [1.165, 1.54) is 6.07 Å². The third kappa shape index (κ3) is 2.98. The van der Waals surface area contributed by atoms with E-state index in [1.54, 1.807) is 24.4 Å². The highest BCUT2D eigenvalue weighted by Gasteiger charge is 2.28. The average molecular weight is 356 g/mol. The number of anilines is 1. The summed E-state index contributed by atoms with van der Waals surface area (Å²) in [6.45, 7) is 1.30. The second-order valence-corrected chi connectivity index (χ2v) is 6.42. The van der Waals surface area contributed by atoms with Crippen LogP contribution in [0.3, 0.4) is 0 Å². The molecule has 128 valence electrons. The average Bonchev–Trinajstić information content (AvgIpc) is 3.39. The number of aromatic nitrogens is 4. The summed E-state index contributed by atoms with van der Waals surface area (Å²) in [5.74, 6) is 1.52. The van der Waals surface area contributed by atoms with E-state index in [2.05, 4.69) is 20.5 Å². The largest absolute Gasteiger partial charge is 0.381 e. The molecule has 0 bridgehead atoms. The van der Waals surface area contributed by atoms with Gasteiger partial charge in [0, 0.05) is 31.3 Å². The zero-order valence-corrected chi connectivity index (χ0v) is 14.1. The van der Waals surface area contributed by atoms with E-state index in [4.69, 9.17) is 12.2 Å². The predicted octanol–water partition coefficient (Wildman–Crippen LogP) is 3.39. The molecule has 3 aromatic rings. The first-order valence-electron chi connectivity index (χ1n) is 8.06. The number of pyridine rings is 1. The van der Waals surface area contributed by atoms with Crippen LogP contribution < -0.4 is 5.32 Å². The summed E-state index contributed by atoms with van der Waals surface area (Å²) in [7, 11) is 0. The maximum atomic E-state index is 11.2. The molecule has 4 rings (SSSR count). The molecule has 0 radical (unpaired) electrons. The SMILES string of the molecule is O=[N+]([O-])c1ccc(NCCn2c(C3CC3)n[nH]c2=S)c2ncccc12. The fraction of sp³-hybridized carbons (Fsp3) is 0.312. The first kappa shape index (κ1) is 15.7. The lowest BCUT2D eigenvalue weighted by molar-refractivity contribution is -0.383. The number of benzene rings is 1. The summed E-state index contributed by atoms with van der Waals surface area (Å²) >= 11 is 5.30. The van der Waals surface area contributed by atoms with Crippen molar-refractivity contribution >= 4 is 34.5 Å². The highest BCUT2D eigenvalue weighted by molar-refractivity contribution is 7.71. The zero-order valence-electron chi connectivity index (χ0n) is 13.3. The highest BCUT2D eigenvalue weighted by Crippen LogP contribution is 2.38. The lowest BCUT2D eigenvalue weighted by Gasteiger charge is -2.11. The smallest absolute Gasteiger partial charge is 0.278 e. The predicted molar refractivity (Wildman–Crippen MR) is 96.3 cm³/mol. The second-order valence-electron chi connectivity index (χ2n) is 6.03. The first-order valence-corrected chi connectivity index (χ1v) is 8.47. The Morgan fingerprint density at radius 2 is 2.24 bits per heavy atom. The van der Waals surface area contributed by atoms with Crippen LogP contribution in [0.1, 0.15) is 24.6 Å². The van der Waals surface area contributed by atoms with Gasteiger partial charge >= 0.3 is 0 Å². The number of nitrogens with one attached hydrogen (secondary N) is 2. The summed E-state index contributed by atoms with van der Waals surface area (Å²) < 4.78 is 2.64. The molecular formula is C16H16N6O2S. The van der Waals surface area contributed by atoms with E-state index in [-0.39, 0.29) is 10.6 Å². The van der Waals surface area contributed by atoms with Gasteiger partial charge in [0.2, 0.25) is 0 Å². The van der Waals surface area contributed by atoms with Crippen LogP contribution in [0.15, 0.2) is 30.5 Å². The minimum atomic E-state index is -0.388. The Morgan fingerprint density at radius 1 is 1.40 bits per heavy atom. The molecule has 0 aliphatic heterocycles. The topological polar surface area (TPSA) is 102 Å². The number of fused-ring (bicyclic) bond motifs is 1. The Labute approximate surface area is 148 Å². The summed E-state index contributed by atoms with van der Waals surface area (Å²) in [6.07, 6.45) is 3.95. The van der Waals surface area contributed by atoms with Crippen molar-refractivity contribution in [1.82, 2.24) is 19.7 Å². The maximum Gasteiger partial charge on any atom is 0.278 e. The number of hydrogen-bond donors (Lipinski definition) is 2. The van der Waals surface area contributed by atoms with Crippen LogP contribution in [0.2, 0.25) is 0 Å². The van der Waals surface area contributed by atoms with Gasteiger partial charge in [-0.05, 0) is 43.3 Å². The molecule has 0 saturated heterocycles. The Hall–Kier alpha value is -2.81. The van der Waals surface area contributed by atoms with E-state index in [1.807, 2.05) is 4.57 Å². The summed E-state index contributed by atoms with van der Waals surface area (Å²) in [5, 5.41) is 22.2. The number of hydrogen-bond acceptors (Lipinski definition) is 6. The van der Waals surface area contributed by atoms with Crippen molar-refractivity contribution in [2.75, 3.05) is 11.9 Å². The molecule has 2 aromatic heterocycles. The van der Waals surface area contributed by atoms with Crippen molar-refractivity contribution in [2.45, 2.75) is 25.3 Å². The quantitative estimate of drug-likeness (QED) is 0.399. The number of rotatable bonds is 6. The molecule has 9 heteroatoms. The fourth-order valence-electron chi connectivity index (χ4n) is 2.96. The van der Waals surface area contributed by atoms with Gasteiger partial charge < -0.3 is 9.88 Å². The molecule has 8 nitrogen and oxygen atoms in total. The van der Waals surface area contributed by atoms with Crippen LogP contribution >= 0.6 is 12.2 Å². The van der Waals surface area contributed by atoms with E-state index in [0.717, 1.165) is 24.4 Å². The van der Waals surface area contributed by atoms with Crippen LogP contribution in [0.5, 0.6) is 0 Å². The van der Waals surface area contributed by atoms with Crippen LogP contribution in [-0.2, 0) is 6.54 Å². The molecule has 25 heavy (non-hydrogen) atoms. The van der Waals surface area contributed by atoms with E-state index in [0.29, 0.717) is 34.7 Å². The highest BCUT2D eigenvalue weighted by atomic mass is 32.1. The summed E-state index contributed by atoms with van der Waals surface area (Å²) in [5.41, 5.74) is 1.42. The normalized spacial score (nSPS) is 13.9. The molecule has 0 atom stereocenters. The first-order chi connectivity index (χ1) is 12.1. The van der Waals surface area contributed by atoms with Crippen molar-refractivity contribution in [2.24, 2.45) is 0 Å².